The molecule has 0 saturated carbocycles. The van der Waals surface area contributed by atoms with Crippen LogP contribution in [0.15, 0.2) is 14.7 Å². The maximum absolute atomic E-state index is 11.6. The third-order valence-electron chi connectivity index (χ3n) is 2.04. The summed E-state index contributed by atoms with van der Waals surface area (Å²) >= 11 is 4.50. The van der Waals surface area contributed by atoms with Gasteiger partial charge in [-0.1, -0.05) is 0 Å². The Kier molecular flexibility index (Phi) is 3.63. The van der Waals surface area contributed by atoms with Crippen LogP contribution >= 0.6 is 12.2 Å². The summed E-state index contributed by atoms with van der Waals surface area (Å²) in [6.45, 7) is 0. The summed E-state index contributed by atoms with van der Waals surface area (Å²) < 4.78 is 1.77. The Morgan fingerprint density at radius 2 is 2.06 bits per heavy atom. The van der Waals surface area contributed by atoms with Crippen LogP contribution in [0.1, 0.15) is 5.56 Å². The van der Waals surface area contributed by atoms with Crippen molar-refractivity contribution >= 4 is 23.5 Å². The summed E-state index contributed by atoms with van der Waals surface area (Å²) in [6, 6.07) is 0. The van der Waals surface area contributed by atoms with Crippen molar-refractivity contribution in [2.75, 3.05) is 0 Å². The molecule has 1 rings (SSSR count). The third kappa shape index (κ3) is 2.50. The highest BCUT2D eigenvalue weighted by molar-refractivity contribution is 7.80. The molecule has 1 heterocycles. The second-order valence-corrected chi connectivity index (χ2v) is 3.62. The molecule has 0 unspecified atom stereocenters. The van der Waals surface area contributed by atoms with Gasteiger partial charge < -0.3 is 10.8 Å². The molecule has 0 bridgehead atoms. The first kappa shape index (κ1) is 12.9. The van der Waals surface area contributed by atoms with Crippen LogP contribution in [0.4, 0.5) is 0 Å². The molecule has 9 heteroatoms. The van der Waals surface area contributed by atoms with Crippen LogP contribution in [0.25, 0.3) is 0 Å². The lowest BCUT2D eigenvalue weighted by atomic mass is 10.3. The van der Waals surface area contributed by atoms with Gasteiger partial charge in [0.2, 0.25) is 5.88 Å². The molecular formula is C8H11N5O3S. The molecule has 0 radical (unpaired) electrons. The van der Waals surface area contributed by atoms with Gasteiger partial charge in [0, 0.05) is 14.1 Å². The van der Waals surface area contributed by atoms with E-state index in [0.717, 1.165) is 15.3 Å². The molecule has 4 N–H and O–H groups in total. The number of rotatable bonds is 2. The number of hydrogen-bond acceptors (Lipinski definition) is 5. The van der Waals surface area contributed by atoms with Crippen molar-refractivity contribution in [2.45, 2.75) is 0 Å². The highest BCUT2D eigenvalue weighted by Crippen LogP contribution is 2.05. The summed E-state index contributed by atoms with van der Waals surface area (Å²) in [6.07, 6.45) is 1.04. The van der Waals surface area contributed by atoms with E-state index in [-0.39, 0.29) is 10.7 Å². The Labute approximate surface area is 101 Å². The Hall–Kier alpha value is -2.16. The van der Waals surface area contributed by atoms with Crippen LogP contribution in [0.5, 0.6) is 5.88 Å². The maximum Gasteiger partial charge on any atom is 0.333 e. The number of nitrogens with zero attached hydrogens (tertiary/aromatic N) is 3. The summed E-state index contributed by atoms with van der Waals surface area (Å²) in [5.41, 5.74) is 5.92. The van der Waals surface area contributed by atoms with E-state index in [4.69, 9.17) is 5.73 Å². The lowest BCUT2D eigenvalue weighted by Crippen LogP contribution is -2.38. The fourth-order valence-corrected chi connectivity index (χ4v) is 1.19. The standard InChI is InChI=1S/C8H11N5O3S/c1-12-5(14)4(3-10-11-7(9)17)6(15)13(2)8(12)16/h3,14H,1-2H3,(H3,9,11,17). The SMILES string of the molecule is Cn1c(O)c(C=NNC(N)=S)c(=O)n(C)c1=O. The van der Waals surface area contributed by atoms with Crippen LogP contribution < -0.4 is 22.4 Å². The molecular weight excluding hydrogens is 246 g/mol. The minimum absolute atomic E-state index is 0.0811. The molecule has 0 aliphatic rings. The van der Waals surface area contributed by atoms with Crippen molar-refractivity contribution < 1.29 is 5.11 Å². The smallest absolute Gasteiger partial charge is 0.333 e. The van der Waals surface area contributed by atoms with E-state index in [1.165, 1.54) is 14.1 Å². The van der Waals surface area contributed by atoms with E-state index in [2.05, 4.69) is 22.7 Å². The second kappa shape index (κ2) is 4.78. The summed E-state index contributed by atoms with van der Waals surface area (Å²) in [7, 11) is 2.62. The third-order valence-corrected chi connectivity index (χ3v) is 2.13. The van der Waals surface area contributed by atoms with Crippen molar-refractivity contribution in [3.63, 3.8) is 0 Å². The van der Waals surface area contributed by atoms with Crippen molar-refractivity contribution in [2.24, 2.45) is 24.9 Å². The highest BCUT2D eigenvalue weighted by Gasteiger charge is 2.12. The Morgan fingerprint density at radius 1 is 1.47 bits per heavy atom. The predicted molar refractivity (Wildman–Crippen MR) is 66.1 cm³/mol. The molecule has 0 fully saturated rings. The van der Waals surface area contributed by atoms with Crippen molar-refractivity contribution in [3.05, 3.63) is 26.4 Å². The average Bonchev–Trinajstić information content (AvgIpc) is 2.28. The summed E-state index contributed by atoms with van der Waals surface area (Å²) in [5, 5.41) is 13.1. The molecule has 1 aromatic rings. The van der Waals surface area contributed by atoms with E-state index < -0.39 is 17.1 Å². The number of thiocarbonyl (C=S) groups is 1. The number of hydrogen-bond donors (Lipinski definition) is 3. The highest BCUT2D eigenvalue weighted by atomic mass is 32.1. The first-order chi connectivity index (χ1) is 7.86. The molecule has 0 amide bonds. The van der Waals surface area contributed by atoms with Gasteiger partial charge in [0.05, 0.1) is 6.21 Å². The molecule has 1 aromatic heterocycles. The number of hydrazone groups is 1. The molecule has 0 spiro atoms. The van der Waals surface area contributed by atoms with E-state index >= 15 is 0 Å². The van der Waals surface area contributed by atoms with Gasteiger partial charge >= 0.3 is 5.69 Å². The first-order valence-electron chi connectivity index (χ1n) is 4.43. The van der Waals surface area contributed by atoms with Crippen LogP contribution in [-0.4, -0.2) is 25.6 Å². The minimum atomic E-state index is -0.668. The van der Waals surface area contributed by atoms with Crippen LogP contribution in [-0.2, 0) is 14.1 Å². The van der Waals surface area contributed by atoms with E-state index in [0.29, 0.717) is 0 Å². The zero-order valence-electron chi connectivity index (χ0n) is 9.17. The molecule has 17 heavy (non-hydrogen) atoms. The Bertz CT molecular complexity index is 600. The lowest BCUT2D eigenvalue weighted by molar-refractivity contribution is 0.410. The van der Waals surface area contributed by atoms with E-state index in [1.54, 1.807) is 0 Å². The normalized spacial score (nSPS) is 10.7. The number of aromatic nitrogens is 2. The molecule has 92 valence electrons. The molecule has 0 aliphatic carbocycles. The largest absolute Gasteiger partial charge is 0.494 e. The average molecular weight is 257 g/mol. The molecule has 0 aliphatic heterocycles. The van der Waals surface area contributed by atoms with Gasteiger partial charge in [-0.3, -0.25) is 19.4 Å². The van der Waals surface area contributed by atoms with Gasteiger partial charge in [-0.15, -0.1) is 0 Å². The topological polar surface area (TPSA) is 115 Å². The molecule has 0 saturated heterocycles. The molecule has 0 aromatic carbocycles. The van der Waals surface area contributed by atoms with Gasteiger partial charge in [-0.2, -0.15) is 5.10 Å². The quantitative estimate of drug-likeness (QED) is 0.319. The number of aromatic hydroxyl groups is 1. The molecule has 0 atom stereocenters. The van der Waals surface area contributed by atoms with Gasteiger partial charge in [-0.25, -0.2) is 4.79 Å². The number of nitrogens with two attached hydrogens (primary N) is 1. The zero-order valence-corrected chi connectivity index (χ0v) is 9.98. The second-order valence-electron chi connectivity index (χ2n) is 3.18. The monoisotopic (exact) mass is 257 g/mol. The van der Waals surface area contributed by atoms with Crippen molar-refractivity contribution in [3.8, 4) is 5.88 Å². The van der Waals surface area contributed by atoms with Crippen LogP contribution in [0, 0.1) is 0 Å². The van der Waals surface area contributed by atoms with Crippen molar-refractivity contribution in [1.82, 2.24) is 14.6 Å². The number of nitrogens with one attached hydrogen (secondary N) is 1. The molecule has 8 nitrogen and oxygen atoms in total. The van der Waals surface area contributed by atoms with Crippen LogP contribution in [0.3, 0.4) is 0 Å². The van der Waals surface area contributed by atoms with Gasteiger partial charge in [0.1, 0.15) is 5.56 Å². The van der Waals surface area contributed by atoms with Gasteiger partial charge in [-0.05, 0) is 12.2 Å². The zero-order chi connectivity index (χ0) is 13.2. The minimum Gasteiger partial charge on any atom is -0.494 e. The van der Waals surface area contributed by atoms with E-state index in [9.17, 15) is 14.7 Å². The fraction of sp³-hybridized carbons (Fsp3) is 0.250. The van der Waals surface area contributed by atoms with Crippen molar-refractivity contribution in [1.29, 1.82) is 0 Å². The van der Waals surface area contributed by atoms with Crippen LogP contribution in [0.2, 0.25) is 0 Å². The van der Waals surface area contributed by atoms with Gasteiger partial charge in [0.15, 0.2) is 5.11 Å². The predicted octanol–water partition coefficient (Wildman–Crippen LogP) is -2.04. The summed E-state index contributed by atoms with van der Waals surface area (Å²) in [4.78, 5) is 23.1. The van der Waals surface area contributed by atoms with Gasteiger partial charge in [0.25, 0.3) is 5.56 Å². The Morgan fingerprint density at radius 3 is 2.59 bits per heavy atom. The first-order valence-corrected chi connectivity index (χ1v) is 4.84. The maximum atomic E-state index is 11.6. The van der Waals surface area contributed by atoms with E-state index in [1.807, 2.05) is 0 Å². The lowest BCUT2D eigenvalue weighted by Gasteiger charge is -2.06. The summed E-state index contributed by atoms with van der Waals surface area (Å²) in [5.74, 6) is -0.480. The fourth-order valence-electron chi connectivity index (χ4n) is 1.13. The Balaban J connectivity index is 3.35.